The molecule has 1 heterocycles. The quantitative estimate of drug-likeness (QED) is 0.927. The normalized spacial score (nSPS) is 10.9. The second-order valence-electron chi connectivity index (χ2n) is 3.92. The van der Waals surface area contributed by atoms with Crippen LogP contribution < -0.4 is 5.73 Å². The molecule has 0 radical (unpaired) electrons. The summed E-state index contributed by atoms with van der Waals surface area (Å²) in [6, 6.07) is 4.38. The van der Waals surface area contributed by atoms with Crippen LogP contribution in [0.5, 0.6) is 0 Å². The van der Waals surface area contributed by atoms with Crippen molar-refractivity contribution in [3.8, 4) is 11.4 Å². The van der Waals surface area contributed by atoms with E-state index in [1.54, 1.807) is 6.07 Å². The highest BCUT2D eigenvalue weighted by atomic mass is 35.5. The number of hydrogen-bond acceptors (Lipinski definition) is 3. The molecule has 0 aliphatic rings. The molecule has 6 heteroatoms. The van der Waals surface area contributed by atoms with Crippen molar-refractivity contribution in [2.45, 2.75) is 26.4 Å². The molecule has 0 saturated heterocycles. The number of aromatic nitrogens is 3. The molecule has 2 N–H and O–H groups in total. The van der Waals surface area contributed by atoms with Gasteiger partial charge in [0.2, 0.25) is 0 Å². The molecule has 0 aliphatic carbocycles. The van der Waals surface area contributed by atoms with Gasteiger partial charge in [-0.05, 0) is 24.6 Å². The van der Waals surface area contributed by atoms with Crippen molar-refractivity contribution in [2.24, 2.45) is 5.73 Å². The van der Waals surface area contributed by atoms with Gasteiger partial charge in [-0.3, -0.25) is 0 Å². The maximum absolute atomic E-state index is 13.8. The Balaban J connectivity index is 2.56. The molecule has 0 fully saturated rings. The van der Waals surface area contributed by atoms with E-state index >= 15 is 0 Å². The predicted molar refractivity (Wildman–Crippen MR) is 68.6 cm³/mol. The summed E-state index contributed by atoms with van der Waals surface area (Å²) in [7, 11) is 0. The number of benzene rings is 1. The predicted octanol–water partition coefficient (Wildman–Crippen LogP) is 2.61. The lowest BCUT2D eigenvalue weighted by Gasteiger charge is -2.08. The zero-order valence-electron chi connectivity index (χ0n) is 10.0. The Kier molecular flexibility index (Phi) is 3.93. The minimum absolute atomic E-state index is 0.273. The average molecular weight is 269 g/mol. The number of nitrogens with two attached hydrogens (primary N) is 1. The Bertz CT molecular complexity index is 553. The van der Waals surface area contributed by atoms with E-state index in [9.17, 15) is 4.39 Å². The first-order valence-electron chi connectivity index (χ1n) is 5.75. The Labute approximate surface area is 110 Å². The van der Waals surface area contributed by atoms with Gasteiger partial charge in [0.05, 0.1) is 12.1 Å². The van der Waals surface area contributed by atoms with Crippen molar-refractivity contribution in [2.75, 3.05) is 0 Å². The van der Waals surface area contributed by atoms with E-state index in [2.05, 4.69) is 10.2 Å². The summed E-state index contributed by atoms with van der Waals surface area (Å²) in [5.74, 6) is 0.747. The van der Waals surface area contributed by atoms with Crippen LogP contribution in [0.3, 0.4) is 0 Å². The van der Waals surface area contributed by atoms with Crippen LogP contribution in [0.2, 0.25) is 5.02 Å². The Morgan fingerprint density at radius 3 is 2.83 bits per heavy atom. The van der Waals surface area contributed by atoms with Crippen LogP contribution in [0.15, 0.2) is 18.2 Å². The molecule has 4 nitrogen and oxygen atoms in total. The Morgan fingerprint density at radius 2 is 2.17 bits per heavy atom. The standard InChI is InChI=1S/C12H14ClFN4/c1-2-5-18-11(7-15)16-17-12(18)9-6-8(13)3-4-10(9)14/h3-4,6H,2,5,7,15H2,1H3. The maximum atomic E-state index is 13.8. The third-order valence-electron chi connectivity index (χ3n) is 2.63. The number of rotatable bonds is 4. The topological polar surface area (TPSA) is 56.7 Å². The van der Waals surface area contributed by atoms with Gasteiger partial charge in [-0.1, -0.05) is 18.5 Å². The zero-order chi connectivity index (χ0) is 13.1. The molecule has 96 valence electrons. The molecule has 0 amide bonds. The maximum Gasteiger partial charge on any atom is 0.167 e. The molecule has 2 aromatic rings. The average Bonchev–Trinajstić information content (AvgIpc) is 2.76. The van der Waals surface area contributed by atoms with Crippen molar-refractivity contribution in [3.63, 3.8) is 0 Å². The first-order valence-corrected chi connectivity index (χ1v) is 6.12. The van der Waals surface area contributed by atoms with Crippen LogP contribution in [-0.2, 0) is 13.1 Å². The largest absolute Gasteiger partial charge is 0.324 e. The van der Waals surface area contributed by atoms with Crippen LogP contribution in [0, 0.1) is 5.82 Å². The molecular formula is C12H14ClFN4. The fourth-order valence-corrected chi connectivity index (χ4v) is 1.99. The van der Waals surface area contributed by atoms with E-state index < -0.39 is 0 Å². The second kappa shape index (κ2) is 5.46. The first-order chi connectivity index (χ1) is 8.67. The molecule has 0 unspecified atom stereocenters. The molecule has 0 saturated carbocycles. The van der Waals surface area contributed by atoms with Crippen molar-refractivity contribution >= 4 is 11.6 Å². The van der Waals surface area contributed by atoms with Gasteiger partial charge in [-0.25, -0.2) is 4.39 Å². The fraction of sp³-hybridized carbons (Fsp3) is 0.333. The van der Waals surface area contributed by atoms with E-state index in [1.165, 1.54) is 12.1 Å². The van der Waals surface area contributed by atoms with Crippen molar-refractivity contribution in [1.29, 1.82) is 0 Å². The van der Waals surface area contributed by atoms with Crippen molar-refractivity contribution in [1.82, 2.24) is 14.8 Å². The second-order valence-corrected chi connectivity index (χ2v) is 4.36. The zero-order valence-corrected chi connectivity index (χ0v) is 10.8. The lowest BCUT2D eigenvalue weighted by molar-refractivity contribution is 0.618. The van der Waals surface area contributed by atoms with Crippen LogP contribution in [0.25, 0.3) is 11.4 Å². The molecule has 0 aliphatic heterocycles. The summed E-state index contributed by atoms with van der Waals surface area (Å²) in [6.45, 7) is 2.99. The van der Waals surface area contributed by atoms with E-state index in [4.69, 9.17) is 17.3 Å². The van der Waals surface area contributed by atoms with E-state index in [1.807, 2.05) is 11.5 Å². The van der Waals surface area contributed by atoms with Crippen molar-refractivity contribution in [3.05, 3.63) is 34.9 Å². The van der Waals surface area contributed by atoms with Crippen LogP contribution >= 0.6 is 11.6 Å². The highest BCUT2D eigenvalue weighted by Crippen LogP contribution is 2.25. The van der Waals surface area contributed by atoms with Gasteiger partial charge in [-0.2, -0.15) is 0 Å². The van der Waals surface area contributed by atoms with Gasteiger partial charge < -0.3 is 10.3 Å². The monoisotopic (exact) mass is 268 g/mol. The lowest BCUT2D eigenvalue weighted by atomic mass is 10.2. The van der Waals surface area contributed by atoms with Crippen LogP contribution in [0.1, 0.15) is 19.2 Å². The molecule has 0 bridgehead atoms. The Morgan fingerprint density at radius 1 is 1.39 bits per heavy atom. The third-order valence-corrected chi connectivity index (χ3v) is 2.86. The molecular weight excluding hydrogens is 255 g/mol. The summed E-state index contributed by atoms with van der Waals surface area (Å²) in [6.07, 6.45) is 0.889. The van der Waals surface area contributed by atoms with Gasteiger partial charge in [0.25, 0.3) is 0 Å². The number of hydrogen-bond donors (Lipinski definition) is 1. The number of halogens is 2. The summed E-state index contributed by atoms with van der Waals surface area (Å²) < 4.78 is 15.6. The smallest absolute Gasteiger partial charge is 0.167 e. The van der Waals surface area contributed by atoms with E-state index in [0.717, 1.165) is 6.42 Å². The highest BCUT2D eigenvalue weighted by molar-refractivity contribution is 6.30. The minimum Gasteiger partial charge on any atom is -0.324 e. The molecule has 1 aromatic carbocycles. The Hall–Kier alpha value is -1.46. The highest BCUT2D eigenvalue weighted by Gasteiger charge is 2.15. The molecule has 2 rings (SSSR count). The van der Waals surface area contributed by atoms with Gasteiger partial charge in [0.1, 0.15) is 11.6 Å². The first kappa shape index (κ1) is 13.0. The van der Waals surface area contributed by atoms with Gasteiger partial charge in [-0.15, -0.1) is 10.2 Å². The minimum atomic E-state index is -0.368. The van der Waals surface area contributed by atoms with Gasteiger partial charge in [0, 0.05) is 11.6 Å². The van der Waals surface area contributed by atoms with Gasteiger partial charge >= 0.3 is 0 Å². The molecule has 1 aromatic heterocycles. The summed E-state index contributed by atoms with van der Waals surface area (Å²) in [5, 5.41) is 8.46. The van der Waals surface area contributed by atoms with Crippen molar-refractivity contribution < 1.29 is 4.39 Å². The van der Waals surface area contributed by atoms with E-state index in [-0.39, 0.29) is 12.4 Å². The SMILES string of the molecule is CCCn1c(CN)nnc1-c1cc(Cl)ccc1F. The fourth-order valence-electron chi connectivity index (χ4n) is 1.81. The molecule has 18 heavy (non-hydrogen) atoms. The van der Waals surface area contributed by atoms with Gasteiger partial charge in [0.15, 0.2) is 5.82 Å². The van der Waals surface area contributed by atoms with E-state index in [0.29, 0.717) is 28.8 Å². The van der Waals surface area contributed by atoms with Crippen LogP contribution in [0.4, 0.5) is 4.39 Å². The summed E-state index contributed by atoms with van der Waals surface area (Å²) >= 11 is 5.89. The van der Waals surface area contributed by atoms with Crippen LogP contribution in [-0.4, -0.2) is 14.8 Å². The molecule has 0 spiro atoms. The summed E-state index contributed by atoms with van der Waals surface area (Å²) in [5.41, 5.74) is 5.95. The third kappa shape index (κ3) is 2.37. The number of nitrogens with zero attached hydrogens (tertiary/aromatic N) is 3. The molecule has 0 atom stereocenters. The lowest BCUT2D eigenvalue weighted by Crippen LogP contribution is -2.09. The summed E-state index contributed by atoms with van der Waals surface area (Å²) in [4.78, 5) is 0.